The van der Waals surface area contributed by atoms with E-state index in [1.54, 1.807) is 14.2 Å². The summed E-state index contributed by atoms with van der Waals surface area (Å²) in [6.45, 7) is 4.07. The van der Waals surface area contributed by atoms with E-state index in [9.17, 15) is 4.79 Å². The van der Waals surface area contributed by atoms with Crippen LogP contribution in [0, 0.1) is 0 Å². The molecular weight excluding hydrogens is 330 g/mol. The Morgan fingerprint density at radius 3 is 2.12 bits per heavy atom. The van der Waals surface area contributed by atoms with Gasteiger partial charge in [0.2, 0.25) is 0 Å². The zero-order valence-electron chi connectivity index (χ0n) is 14.5. The second-order valence-corrected chi connectivity index (χ2v) is 6.56. The molecule has 0 aromatic heterocycles. The molecule has 0 N–H and O–H groups in total. The molecule has 130 valence electrons. The van der Waals surface area contributed by atoms with E-state index in [4.69, 9.17) is 14.2 Å². The molecule has 6 heteroatoms. The number of ether oxygens (including phenoxy) is 3. The molecule has 2 aromatic carbocycles. The molecule has 0 amide bonds. The maximum atomic E-state index is 12.5. The van der Waals surface area contributed by atoms with E-state index in [1.165, 1.54) is 0 Å². The average molecular weight is 354 g/mol. The van der Waals surface area contributed by atoms with Crippen molar-refractivity contribution >= 4 is 38.3 Å². The Bertz CT molecular complexity index is 666. The molecule has 25 heavy (non-hydrogen) atoms. The Kier molecular flexibility index (Phi) is 9.07. The summed E-state index contributed by atoms with van der Waals surface area (Å²) in [6, 6.07) is 12.9. The Labute approximate surface area is 163 Å². The molecule has 0 radical (unpaired) electrons. The first-order chi connectivity index (χ1) is 11.6. The zero-order valence-corrected chi connectivity index (χ0v) is 15.5. The van der Waals surface area contributed by atoms with Crippen molar-refractivity contribution in [3.05, 3.63) is 48.0 Å². The number of methoxy groups -OCH3 is 2. The standard InChI is InChI=1S/C19H23O4P.Li.H/c1-5-13(2)23-15-11-16(21-3)18(17(12-15)22-4)24-19(20)14-9-7-6-8-10-14;;/h6-13,24H,5H2,1-4H3;;. The van der Waals surface area contributed by atoms with Crippen LogP contribution in [0.1, 0.15) is 30.6 Å². The number of hydrogen-bond donors (Lipinski definition) is 0. The first kappa shape index (κ1) is 21.6. The van der Waals surface area contributed by atoms with E-state index < -0.39 is 0 Å². The third-order valence-electron chi connectivity index (χ3n) is 3.67. The minimum absolute atomic E-state index is 0. The summed E-state index contributed by atoms with van der Waals surface area (Å²) < 4.78 is 16.8. The van der Waals surface area contributed by atoms with Crippen LogP contribution in [0.4, 0.5) is 0 Å². The summed E-state index contributed by atoms with van der Waals surface area (Å²) in [4.78, 5) is 12.5. The molecule has 0 saturated carbocycles. The Hall–Kier alpha value is -1.46. The van der Waals surface area contributed by atoms with E-state index >= 15 is 0 Å². The first-order valence-electron chi connectivity index (χ1n) is 7.88. The Morgan fingerprint density at radius 1 is 1.08 bits per heavy atom. The molecule has 0 aliphatic heterocycles. The SMILES string of the molecule is CCC(C)Oc1cc(OC)c(PC(=O)c2ccccc2)c(OC)c1.[LiH]. The molecule has 0 fully saturated rings. The van der Waals surface area contributed by atoms with Gasteiger partial charge in [-0.2, -0.15) is 0 Å². The van der Waals surface area contributed by atoms with E-state index in [1.807, 2.05) is 49.4 Å². The fourth-order valence-corrected chi connectivity index (χ4v) is 3.30. The van der Waals surface area contributed by atoms with E-state index in [2.05, 4.69) is 6.92 Å². The summed E-state index contributed by atoms with van der Waals surface area (Å²) in [5, 5.41) is 0.755. The van der Waals surface area contributed by atoms with E-state index in [-0.39, 0.29) is 39.1 Å². The van der Waals surface area contributed by atoms with Crippen molar-refractivity contribution in [3.63, 3.8) is 0 Å². The van der Waals surface area contributed by atoms with Crippen molar-refractivity contribution in [2.45, 2.75) is 26.4 Å². The van der Waals surface area contributed by atoms with Gasteiger partial charge in [-0.3, -0.25) is 4.79 Å². The second-order valence-electron chi connectivity index (χ2n) is 5.36. The predicted molar refractivity (Wildman–Crippen MR) is 106 cm³/mol. The van der Waals surface area contributed by atoms with Crippen molar-refractivity contribution in [1.82, 2.24) is 0 Å². The van der Waals surface area contributed by atoms with Crippen LogP contribution in [0.25, 0.3) is 0 Å². The van der Waals surface area contributed by atoms with E-state index in [0.717, 1.165) is 11.7 Å². The van der Waals surface area contributed by atoms with Gasteiger partial charge in [-0.15, -0.1) is 0 Å². The second kappa shape index (κ2) is 10.5. The topological polar surface area (TPSA) is 44.8 Å². The first-order valence-corrected chi connectivity index (χ1v) is 8.88. The van der Waals surface area contributed by atoms with Crippen molar-refractivity contribution < 1.29 is 19.0 Å². The van der Waals surface area contributed by atoms with Crippen LogP contribution in [0.5, 0.6) is 17.2 Å². The van der Waals surface area contributed by atoms with Crippen LogP contribution in [-0.4, -0.2) is 44.7 Å². The fourth-order valence-electron chi connectivity index (χ4n) is 2.17. The van der Waals surface area contributed by atoms with Gasteiger partial charge in [-0.05, 0) is 21.9 Å². The molecule has 2 atom stereocenters. The minimum atomic E-state index is -0.0849. The quantitative estimate of drug-likeness (QED) is 0.539. The van der Waals surface area contributed by atoms with Gasteiger partial charge in [0.1, 0.15) is 17.2 Å². The zero-order chi connectivity index (χ0) is 17.5. The van der Waals surface area contributed by atoms with Crippen LogP contribution in [0.2, 0.25) is 0 Å². The molecule has 0 aliphatic carbocycles. The van der Waals surface area contributed by atoms with Crippen LogP contribution in [0.3, 0.4) is 0 Å². The summed E-state index contributed by atoms with van der Waals surface area (Å²) in [7, 11) is 3.09. The summed E-state index contributed by atoms with van der Waals surface area (Å²) in [5.41, 5.74) is 0.725. The van der Waals surface area contributed by atoms with Gasteiger partial charge >= 0.3 is 18.9 Å². The third kappa shape index (κ3) is 5.78. The molecule has 2 unspecified atom stereocenters. The van der Waals surface area contributed by atoms with Crippen LogP contribution < -0.4 is 19.5 Å². The molecule has 4 nitrogen and oxygen atoms in total. The molecule has 0 spiro atoms. The molecule has 0 saturated heterocycles. The van der Waals surface area contributed by atoms with Gasteiger partial charge < -0.3 is 14.2 Å². The molecule has 0 bridgehead atoms. The fraction of sp³-hybridized carbons (Fsp3) is 0.316. The van der Waals surface area contributed by atoms with Crippen molar-refractivity contribution in [2.24, 2.45) is 0 Å². The van der Waals surface area contributed by atoms with Crippen LogP contribution >= 0.6 is 8.58 Å². The summed E-state index contributed by atoms with van der Waals surface area (Å²) in [6.07, 6.45) is 0.999. The van der Waals surface area contributed by atoms with Crippen LogP contribution in [-0.2, 0) is 0 Å². The summed E-state index contributed by atoms with van der Waals surface area (Å²) >= 11 is 0. The van der Waals surface area contributed by atoms with Gasteiger partial charge in [0.15, 0.2) is 5.52 Å². The maximum absolute atomic E-state index is 12.5. The number of rotatable bonds is 8. The molecule has 0 aliphatic rings. The third-order valence-corrected chi connectivity index (χ3v) is 4.92. The van der Waals surface area contributed by atoms with Crippen LogP contribution in [0.15, 0.2) is 42.5 Å². The van der Waals surface area contributed by atoms with Crippen molar-refractivity contribution in [3.8, 4) is 17.2 Å². The molecule has 2 aromatic rings. The molecule has 2 rings (SSSR count). The van der Waals surface area contributed by atoms with Gasteiger partial charge in [0, 0.05) is 17.7 Å². The summed E-state index contributed by atoms with van der Waals surface area (Å²) in [5.74, 6) is 1.89. The predicted octanol–water partition coefficient (Wildman–Crippen LogP) is 3.38. The van der Waals surface area contributed by atoms with E-state index in [0.29, 0.717) is 22.8 Å². The average Bonchev–Trinajstić information content (AvgIpc) is 2.62. The van der Waals surface area contributed by atoms with Gasteiger partial charge in [-0.1, -0.05) is 37.3 Å². The normalized spacial score (nSPS) is 11.7. The molecular formula is C19H24LiO4P. The number of carbonyl (C=O) groups excluding carboxylic acids is 1. The van der Waals surface area contributed by atoms with Gasteiger partial charge in [0.25, 0.3) is 0 Å². The molecule has 0 heterocycles. The number of benzene rings is 2. The number of carbonyl (C=O) groups is 1. The van der Waals surface area contributed by atoms with Crippen molar-refractivity contribution in [1.29, 1.82) is 0 Å². The van der Waals surface area contributed by atoms with Gasteiger partial charge in [0.05, 0.1) is 25.6 Å². The van der Waals surface area contributed by atoms with Gasteiger partial charge in [-0.25, -0.2) is 0 Å². The monoisotopic (exact) mass is 354 g/mol. The van der Waals surface area contributed by atoms with Crippen molar-refractivity contribution in [2.75, 3.05) is 14.2 Å². The Balaban J connectivity index is 0.00000312. The number of hydrogen-bond acceptors (Lipinski definition) is 4. The Morgan fingerprint density at radius 2 is 1.64 bits per heavy atom.